The number of halogens is 1. The summed E-state index contributed by atoms with van der Waals surface area (Å²) >= 11 is 0. The number of carbonyl (C=O) groups excluding carboxylic acids is 3. The van der Waals surface area contributed by atoms with Gasteiger partial charge in [-0.25, -0.2) is 9.18 Å². The smallest absolute Gasteiger partial charge is 0.405 e. The molecule has 1 aliphatic carbocycles. The highest BCUT2D eigenvalue weighted by Crippen LogP contribution is 2.33. The molecule has 3 atom stereocenters. The van der Waals surface area contributed by atoms with Crippen LogP contribution in [0.25, 0.3) is 0 Å². The van der Waals surface area contributed by atoms with Gasteiger partial charge in [0.2, 0.25) is 0 Å². The van der Waals surface area contributed by atoms with E-state index >= 15 is 0 Å². The van der Waals surface area contributed by atoms with Gasteiger partial charge in [-0.2, -0.15) is 0 Å². The summed E-state index contributed by atoms with van der Waals surface area (Å²) in [5.74, 6) is -2.81. The molecule has 2 heterocycles. The summed E-state index contributed by atoms with van der Waals surface area (Å²) in [6, 6.07) is 8.41. The number of nitrogens with one attached hydrogen (secondary N) is 2. The van der Waals surface area contributed by atoms with Crippen molar-refractivity contribution in [1.29, 1.82) is 0 Å². The highest BCUT2D eigenvalue weighted by Gasteiger charge is 2.40. The second-order valence-electron chi connectivity index (χ2n) is 9.74. The van der Waals surface area contributed by atoms with Crippen LogP contribution in [0.1, 0.15) is 33.9 Å². The Hall–Kier alpha value is -4.07. The van der Waals surface area contributed by atoms with Crippen LogP contribution >= 0.6 is 0 Å². The summed E-state index contributed by atoms with van der Waals surface area (Å²) in [7, 11) is 0. The molecule has 2 aromatic rings. The van der Waals surface area contributed by atoms with Crippen molar-refractivity contribution in [2.75, 3.05) is 49.7 Å². The highest BCUT2D eigenvalue weighted by molar-refractivity contribution is 6.04. The highest BCUT2D eigenvalue weighted by atomic mass is 19.1. The van der Waals surface area contributed by atoms with E-state index in [1.807, 2.05) is 0 Å². The predicted molar refractivity (Wildman–Crippen MR) is 139 cm³/mol. The second-order valence-corrected chi connectivity index (χ2v) is 9.74. The molecule has 0 aromatic heterocycles. The molecule has 0 saturated carbocycles. The fraction of sp³-hybridized carbons (Fsp3) is 0.407. The number of nitrogens with zero attached hydrogens (tertiary/aromatic N) is 2. The van der Waals surface area contributed by atoms with E-state index in [2.05, 4.69) is 10.6 Å². The van der Waals surface area contributed by atoms with E-state index in [1.165, 1.54) is 21.9 Å². The number of benzene rings is 2. The Morgan fingerprint density at radius 2 is 1.82 bits per heavy atom. The molecule has 212 valence electrons. The van der Waals surface area contributed by atoms with Crippen molar-refractivity contribution in [2.45, 2.75) is 31.1 Å². The van der Waals surface area contributed by atoms with E-state index in [1.54, 1.807) is 18.2 Å². The van der Waals surface area contributed by atoms with E-state index in [-0.39, 0.29) is 30.4 Å². The van der Waals surface area contributed by atoms with Crippen molar-refractivity contribution in [3.05, 3.63) is 58.9 Å². The molecule has 13 heteroatoms. The minimum absolute atomic E-state index is 0.00166. The largest absolute Gasteiger partial charge is 0.465 e. The number of morpholine rings is 2. The van der Waals surface area contributed by atoms with Crippen molar-refractivity contribution in [1.82, 2.24) is 10.2 Å². The van der Waals surface area contributed by atoms with Gasteiger partial charge in [-0.05, 0) is 54.3 Å². The van der Waals surface area contributed by atoms with E-state index in [0.717, 1.165) is 17.2 Å². The summed E-state index contributed by atoms with van der Waals surface area (Å²) in [6.45, 7) is 1.44. The Morgan fingerprint density at radius 1 is 1.05 bits per heavy atom. The van der Waals surface area contributed by atoms with Crippen molar-refractivity contribution >= 4 is 35.2 Å². The minimum Gasteiger partial charge on any atom is -0.465 e. The molecule has 3 aliphatic rings. The second kappa shape index (κ2) is 11.6. The number of aliphatic hydroxyl groups is 1. The first-order valence-electron chi connectivity index (χ1n) is 12.9. The van der Waals surface area contributed by atoms with Gasteiger partial charge in [-0.3, -0.25) is 14.4 Å². The molecule has 0 spiro atoms. The lowest BCUT2D eigenvalue weighted by atomic mass is 10.1. The van der Waals surface area contributed by atoms with Gasteiger partial charge in [-0.15, -0.1) is 0 Å². The molecule has 12 nitrogen and oxygen atoms in total. The first-order chi connectivity index (χ1) is 19.2. The topological polar surface area (TPSA) is 158 Å². The van der Waals surface area contributed by atoms with Crippen molar-refractivity contribution < 1.29 is 43.3 Å². The zero-order chi connectivity index (χ0) is 28.4. The first-order valence-corrected chi connectivity index (χ1v) is 12.9. The minimum atomic E-state index is -1.85. The number of hydrogen-bond acceptors (Lipinski definition) is 7. The molecule has 0 bridgehead atoms. The van der Waals surface area contributed by atoms with Gasteiger partial charge in [-0.1, -0.05) is 6.07 Å². The van der Waals surface area contributed by atoms with Crippen LogP contribution in [0.2, 0.25) is 0 Å². The van der Waals surface area contributed by atoms with Crippen LogP contribution in [-0.4, -0.2) is 90.6 Å². The number of carbonyl (C=O) groups is 4. The van der Waals surface area contributed by atoms with Gasteiger partial charge < -0.3 is 40.1 Å². The molecule has 2 fully saturated rings. The molecule has 0 radical (unpaired) electrons. The zero-order valence-electron chi connectivity index (χ0n) is 21.5. The number of anilines is 2. The number of amides is 4. The summed E-state index contributed by atoms with van der Waals surface area (Å²) < 4.78 is 25.3. The number of rotatable bonds is 6. The molecule has 40 heavy (non-hydrogen) atoms. The lowest BCUT2D eigenvalue weighted by molar-refractivity contribution is -0.150. The van der Waals surface area contributed by atoms with Gasteiger partial charge in [0.15, 0.2) is 12.2 Å². The van der Waals surface area contributed by atoms with Gasteiger partial charge in [0.1, 0.15) is 5.82 Å². The van der Waals surface area contributed by atoms with Gasteiger partial charge in [0.25, 0.3) is 17.7 Å². The standard InChI is InChI=1S/C27H29FN4O8/c28-20-5-3-17(14-19(20)25(35)31-7-10-39-11-8-31)32-9-12-40-23(26(32)36)22(33)24(34)29-16-2-4-18-15(13-16)1-6-21(18)30-27(37)38/h2-5,13-14,21-23,30,33H,1,6-12H2,(H,29,34)(H,37,38)/t21-,22+,23+/m0/s1. The maximum Gasteiger partial charge on any atom is 0.405 e. The summed E-state index contributed by atoms with van der Waals surface area (Å²) in [4.78, 5) is 52.7. The monoisotopic (exact) mass is 556 g/mol. The third-order valence-electron chi connectivity index (χ3n) is 7.25. The molecular weight excluding hydrogens is 527 g/mol. The third-order valence-corrected chi connectivity index (χ3v) is 7.25. The Bertz CT molecular complexity index is 1330. The lowest BCUT2D eigenvalue weighted by Gasteiger charge is -2.34. The maximum absolute atomic E-state index is 14.6. The van der Waals surface area contributed by atoms with Gasteiger partial charge in [0.05, 0.1) is 31.4 Å². The summed E-state index contributed by atoms with van der Waals surface area (Å²) in [5.41, 5.74) is 2.11. The van der Waals surface area contributed by atoms with Crippen LogP contribution in [0.15, 0.2) is 36.4 Å². The SMILES string of the molecule is O=C(O)N[C@H]1CCc2cc(NC(=O)[C@H](O)[C@H]3OCCN(c4ccc(F)c(C(=O)N5CCOCC5)c4)C3=O)ccc21. The normalized spacial score (nSPS) is 21.5. The molecule has 0 unspecified atom stereocenters. The molecule has 4 N–H and O–H groups in total. The molecular formula is C27H29FN4O8. The molecule has 2 aliphatic heterocycles. The Kier molecular flexibility index (Phi) is 7.96. The number of aliphatic hydroxyl groups excluding tert-OH is 1. The van der Waals surface area contributed by atoms with Crippen molar-refractivity contribution in [3.8, 4) is 0 Å². The predicted octanol–water partition coefficient (Wildman–Crippen LogP) is 1.28. The first kappa shape index (κ1) is 27.5. The maximum atomic E-state index is 14.6. The van der Waals surface area contributed by atoms with E-state index < -0.39 is 41.8 Å². The van der Waals surface area contributed by atoms with Crippen molar-refractivity contribution in [2.24, 2.45) is 0 Å². The fourth-order valence-corrected chi connectivity index (χ4v) is 5.22. The van der Waals surface area contributed by atoms with Gasteiger partial charge in [0, 0.05) is 31.0 Å². The Morgan fingerprint density at radius 3 is 2.58 bits per heavy atom. The van der Waals surface area contributed by atoms with Crippen molar-refractivity contribution in [3.63, 3.8) is 0 Å². The number of hydrogen-bond donors (Lipinski definition) is 4. The van der Waals surface area contributed by atoms with Crippen LogP contribution < -0.4 is 15.5 Å². The fourth-order valence-electron chi connectivity index (χ4n) is 5.22. The van der Waals surface area contributed by atoms with Crippen LogP contribution in [0.3, 0.4) is 0 Å². The van der Waals surface area contributed by atoms with Crippen LogP contribution in [0.4, 0.5) is 20.6 Å². The number of fused-ring (bicyclic) bond motifs is 1. The van der Waals surface area contributed by atoms with E-state index in [4.69, 9.17) is 14.6 Å². The Labute approximate surface area is 228 Å². The molecule has 4 amide bonds. The lowest BCUT2D eigenvalue weighted by Crippen LogP contribution is -2.55. The van der Waals surface area contributed by atoms with Crippen LogP contribution in [0, 0.1) is 5.82 Å². The average Bonchev–Trinajstić information content (AvgIpc) is 3.34. The quantitative estimate of drug-likeness (QED) is 0.415. The number of ether oxygens (including phenoxy) is 2. The van der Waals surface area contributed by atoms with E-state index in [9.17, 15) is 28.7 Å². The van der Waals surface area contributed by atoms with Gasteiger partial charge >= 0.3 is 6.09 Å². The molecule has 5 rings (SSSR count). The Balaban J connectivity index is 1.27. The number of carboxylic acid groups (broad SMARTS) is 1. The molecule has 2 aromatic carbocycles. The van der Waals surface area contributed by atoms with Crippen LogP contribution in [0.5, 0.6) is 0 Å². The third kappa shape index (κ3) is 5.62. The summed E-state index contributed by atoms with van der Waals surface area (Å²) in [6.07, 6.45) is -3.29. The zero-order valence-corrected chi connectivity index (χ0v) is 21.5. The van der Waals surface area contributed by atoms with Crippen LogP contribution in [-0.2, 0) is 25.5 Å². The van der Waals surface area contributed by atoms with E-state index in [0.29, 0.717) is 44.8 Å². The summed E-state index contributed by atoms with van der Waals surface area (Å²) in [5, 5.41) is 24.8. The number of aryl methyl sites for hydroxylation is 1. The molecule has 2 saturated heterocycles. The average molecular weight is 557 g/mol.